The average molecular weight is 468 g/mol. The molecule has 0 bridgehead atoms. The highest BCUT2D eigenvalue weighted by Crippen LogP contribution is 2.28. The van der Waals surface area contributed by atoms with Gasteiger partial charge in [0.05, 0.1) is 31.2 Å². The summed E-state index contributed by atoms with van der Waals surface area (Å²) in [6.07, 6.45) is 1.06. The van der Waals surface area contributed by atoms with E-state index in [2.05, 4.69) is 20.4 Å². The van der Waals surface area contributed by atoms with Crippen LogP contribution in [0.4, 0.5) is 5.69 Å². The highest BCUT2D eigenvalue weighted by Gasteiger charge is 2.18. The summed E-state index contributed by atoms with van der Waals surface area (Å²) in [5, 5.41) is 14.3. The third-order valence-corrected chi connectivity index (χ3v) is 5.70. The zero-order valence-corrected chi connectivity index (χ0v) is 19.0. The number of halogens is 1. The number of benzene rings is 2. The molecule has 2 aliphatic heterocycles. The first-order chi connectivity index (χ1) is 16.1. The fraction of sp³-hybridized carbons (Fsp3) is 0.333. The van der Waals surface area contributed by atoms with Gasteiger partial charge in [0.25, 0.3) is 0 Å². The number of aliphatic imine (C=N–C) groups is 2. The predicted molar refractivity (Wildman–Crippen MR) is 130 cm³/mol. The minimum Gasteiger partial charge on any atom is -0.477 e. The van der Waals surface area contributed by atoms with Crippen LogP contribution in [-0.2, 0) is 9.53 Å². The normalized spacial score (nSPS) is 16.9. The van der Waals surface area contributed by atoms with Gasteiger partial charge < -0.3 is 9.84 Å². The summed E-state index contributed by atoms with van der Waals surface area (Å²) in [4.78, 5) is 23.4. The largest absolute Gasteiger partial charge is 0.477 e. The lowest BCUT2D eigenvalue weighted by Gasteiger charge is -2.26. The number of hydrazone groups is 1. The van der Waals surface area contributed by atoms with Crippen LogP contribution in [0.3, 0.4) is 0 Å². The van der Waals surface area contributed by atoms with Crippen molar-refractivity contribution < 1.29 is 14.6 Å². The maximum absolute atomic E-state index is 11.7. The van der Waals surface area contributed by atoms with E-state index in [0.717, 1.165) is 49.7 Å². The molecule has 4 rings (SSSR count). The summed E-state index contributed by atoms with van der Waals surface area (Å²) in [5.74, 6) is -0.573. The molecule has 0 atom stereocenters. The summed E-state index contributed by atoms with van der Waals surface area (Å²) in [6.45, 7) is 4.24. The number of fused-ring (bicyclic) bond motifs is 1. The topological polar surface area (TPSA) is 98.9 Å². The summed E-state index contributed by atoms with van der Waals surface area (Å²) in [7, 11) is 0. The number of morpholine rings is 1. The Kier molecular flexibility index (Phi) is 7.83. The smallest absolute Gasteiger partial charge is 0.352 e. The second-order valence-electron chi connectivity index (χ2n) is 7.78. The van der Waals surface area contributed by atoms with Gasteiger partial charge in [0.15, 0.2) is 0 Å². The summed E-state index contributed by atoms with van der Waals surface area (Å²) >= 11 is 6.24. The second kappa shape index (κ2) is 11.2. The molecule has 2 aromatic carbocycles. The summed E-state index contributed by atoms with van der Waals surface area (Å²) in [5.41, 5.74) is 6.16. The Morgan fingerprint density at radius 3 is 2.73 bits per heavy atom. The molecule has 2 heterocycles. The van der Waals surface area contributed by atoms with E-state index in [1.165, 1.54) is 0 Å². The van der Waals surface area contributed by atoms with E-state index in [9.17, 15) is 9.90 Å². The molecular weight excluding hydrogens is 442 g/mol. The van der Waals surface area contributed by atoms with Gasteiger partial charge in [0.1, 0.15) is 11.5 Å². The molecule has 33 heavy (non-hydrogen) atoms. The number of rotatable bonds is 7. The molecule has 0 aliphatic carbocycles. The lowest BCUT2D eigenvalue weighted by Crippen LogP contribution is -2.37. The number of aliphatic carboxylic acids is 1. The van der Waals surface area contributed by atoms with Crippen molar-refractivity contribution >= 4 is 40.5 Å². The minimum absolute atomic E-state index is 0.0683. The first-order valence-corrected chi connectivity index (χ1v) is 11.3. The molecule has 0 spiro atoms. The van der Waals surface area contributed by atoms with Gasteiger partial charge in [-0.25, -0.2) is 9.79 Å². The van der Waals surface area contributed by atoms with Crippen LogP contribution in [-0.4, -0.2) is 72.6 Å². The van der Waals surface area contributed by atoms with Crippen molar-refractivity contribution in [2.75, 3.05) is 39.4 Å². The predicted octanol–water partition coefficient (Wildman–Crippen LogP) is 3.36. The standard InChI is InChI=1S/C24H26ClN5O3/c25-18-8-9-20-19(15-18)23(17-5-2-1-3-6-17)26-16-22(27-20)29-28-21(24(31)32)7-4-10-30-11-13-33-14-12-30/h1-3,5-6,8-9,15H,4,7,10-14,16H2,(H,27,29)(H,31,32). The highest BCUT2D eigenvalue weighted by atomic mass is 35.5. The van der Waals surface area contributed by atoms with Crippen molar-refractivity contribution in [1.82, 2.24) is 10.3 Å². The number of amidine groups is 1. The van der Waals surface area contributed by atoms with E-state index in [1.807, 2.05) is 42.5 Å². The van der Waals surface area contributed by atoms with Crippen LogP contribution < -0.4 is 5.43 Å². The van der Waals surface area contributed by atoms with E-state index in [0.29, 0.717) is 29.4 Å². The first kappa shape index (κ1) is 23.1. The van der Waals surface area contributed by atoms with Gasteiger partial charge in [-0.05, 0) is 31.2 Å². The van der Waals surface area contributed by atoms with Gasteiger partial charge in [0, 0.05) is 35.7 Å². The average Bonchev–Trinajstić information content (AvgIpc) is 3.01. The minimum atomic E-state index is -1.04. The van der Waals surface area contributed by atoms with Crippen LogP contribution >= 0.6 is 11.6 Å². The lowest BCUT2D eigenvalue weighted by atomic mass is 10.0. The van der Waals surface area contributed by atoms with Gasteiger partial charge in [-0.3, -0.25) is 15.3 Å². The SMILES string of the molecule is O=C(O)C(CCCN1CCOCC1)=NNC1=Nc2ccc(Cl)cc2C(c2ccccc2)=NC1. The van der Waals surface area contributed by atoms with Crippen LogP contribution in [0.5, 0.6) is 0 Å². The van der Waals surface area contributed by atoms with Crippen LogP contribution in [0.1, 0.15) is 24.0 Å². The number of carboxylic acid groups (broad SMARTS) is 1. The lowest BCUT2D eigenvalue weighted by molar-refractivity contribution is -0.129. The van der Waals surface area contributed by atoms with Crippen LogP contribution in [0.2, 0.25) is 5.02 Å². The number of nitrogens with zero attached hydrogens (tertiary/aromatic N) is 4. The first-order valence-electron chi connectivity index (χ1n) is 10.9. The molecular formula is C24H26ClN5O3. The fourth-order valence-electron chi connectivity index (χ4n) is 3.76. The molecule has 2 aliphatic rings. The molecule has 0 radical (unpaired) electrons. The van der Waals surface area contributed by atoms with Crippen LogP contribution in [0, 0.1) is 0 Å². The molecule has 172 valence electrons. The molecule has 0 aromatic heterocycles. The number of hydrogen-bond acceptors (Lipinski definition) is 7. The quantitative estimate of drug-likeness (QED) is 0.480. The summed E-state index contributed by atoms with van der Waals surface area (Å²) < 4.78 is 5.35. The molecule has 8 nitrogen and oxygen atoms in total. The van der Waals surface area contributed by atoms with Gasteiger partial charge in [0.2, 0.25) is 0 Å². The van der Waals surface area contributed by atoms with Gasteiger partial charge in [-0.1, -0.05) is 41.9 Å². The Morgan fingerprint density at radius 1 is 1.18 bits per heavy atom. The molecule has 0 saturated carbocycles. The molecule has 1 fully saturated rings. The molecule has 9 heteroatoms. The van der Waals surface area contributed by atoms with Crippen molar-refractivity contribution in [1.29, 1.82) is 0 Å². The Bertz CT molecular complexity index is 1080. The van der Waals surface area contributed by atoms with Crippen molar-refractivity contribution in [3.8, 4) is 0 Å². The molecule has 1 saturated heterocycles. The molecule has 0 unspecified atom stereocenters. The van der Waals surface area contributed by atoms with Crippen molar-refractivity contribution in [2.45, 2.75) is 12.8 Å². The van der Waals surface area contributed by atoms with Crippen LogP contribution in [0.15, 0.2) is 63.6 Å². The number of nitrogens with one attached hydrogen (secondary N) is 1. The number of ether oxygens (including phenoxy) is 1. The van der Waals surface area contributed by atoms with E-state index < -0.39 is 5.97 Å². The number of hydrogen-bond donors (Lipinski definition) is 2. The van der Waals surface area contributed by atoms with E-state index in [-0.39, 0.29) is 12.3 Å². The van der Waals surface area contributed by atoms with Gasteiger partial charge in [-0.2, -0.15) is 5.10 Å². The molecule has 2 aromatic rings. The van der Waals surface area contributed by atoms with Crippen molar-refractivity contribution in [2.24, 2.45) is 15.1 Å². The monoisotopic (exact) mass is 467 g/mol. The number of carbonyl (C=O) groups is 1. The Labute approximate surface area is 197 Å². The Morgan fingerprint density at radius 2 is 1.97 bits per heavy atom. The zero-order chi connectivity index (χ0) is 23.0. The highest BCUT2D eigenvalue weighted by molar-refractivity contribution is 6.35. The van der Waals surface area contributed by atoms with Crippen molar-refractivity contribution in [3.63, 3.8) is 0 Å². The van der Waals surface area contributed by atoms with Crippen molar-refractivity contribution in [3.05, 3.63) is 64.7 Å². The Balaban J connectivity index is 1.49. The second-order valence-corrected chi connectivity index (χ2v) is 8.22. The van der Waals surface area contributed by atoms with Gasteiger partial charge in [-0.15, -0.1) is 0 Å². The van der Waals surface area contributed by atoms with E-state index in [4.69, 9.17) is 21.3 Å². The fourth-order valence-corrected chi connectivity index (χ4v) is 3.93. The molecule has 0 amide bonds. The third kappa shape index (κ3) is 6.25. The third-order valence-electron chi connectivity index (χ3n) is 5.46. The Hall–Kier alpha value is -3.07. The van der Waals surface area contributed by atoms with E-state index in [1.54, 1.807) is 6.07 Å². The number of carboxylic acids is 1. The van der Waals surface area contributed by atoms with Crippen LogP contribution in [0.25, 0.3) is 0 Å². The molecule has 2 N–H and O–H groups in total. The maximum atomic E-state index is 11.7. The maximum Gasteiger partial charge on any atom is 0.352 e. The van der Waals surface area contributed by atoms with Gasteiger partial charge >= 0.3 is 5.97 Å². The summed E-state index contributed by atoms with van der Waals surface area (Å²) in [6, 6.07) is 15.3. The van der Waals surface area contributed by atoms with E-state index >= 15 is 0 Å². The zero-order valence-electron chi connectivity index (χ0n) is 18.2.